The van der Waals surface area contributed by atoms with Gasteiger partial charge in [0.1, 0.15) is 53.0 Å². The SMILES string of the molecule is C[C@@H]1CN(CC(=O)N2CC(C)(C)c3[nH]c(=O)c(Cc4ccc(F)cc4)cc32)[C@@H](CN2CCO[C@H](COc3cccc(OC[C@@H]4CN(C[C@H]5CN[C@H](C)CN5CC(=O)N5CC(C)(C)c6[nH]c(=O)c(Cc7ccc(F)cc7)cc65)CCO4)c3Br)C2)CN1. The van der Waals surface area contributed by atoms with Crippen molar-refractivity contribution in [2.24, 2.45) is 0 Å². The molecule has 6 atom stereocenters. The number of halogens is 3. The summed E-state index contributed by atoms with van der Waals surface area (Å²) < 4.78 is 53.5. The number of rotatable bonds is 18. The molecule has 0 unspecified atom stereocenters. The summed E-state index contributed by atoms with van der Waals surface area (Å²) in [6.07, 6.45) is 0.276. The number of carbonyl (C=O) groups excluding carboxylic acids is 2. The second kappa shape index (κ2) is 25.8. The highest BCUT2D eigenvalue weighted by atomic mass is 79.9. The van der Waals surface area contributed by atoms with Gasteiger partial charge in [0.2, 0.25) is 11.8 Å². The van der Waals surface area contributed by atoms with Crippen LogP contribution in [-0.4, -0.2) is 196 Å². The molecule has 85 heavy (non-hydrogen) atoms. The monoisotopic (exact) mass is 1230 g/mol. The van der Waals surface area contributed by atoms with Crippen LogP contribution in [-0.2, 0) is 42.7 Å². The molecule has 6 aliphatic rings. The molecule has 0 aliphatic carbocycles. The van der Waals surface area contributed by atoms with E-state index in [0.29, 0.717) is 106 Å². The number of piperazine rings is 2. The fourth-order valence-electron chi connectivity index (χ4n) is 13.1. The van der Waals surface area contributed by atoms with Crippen molar-refractivity contribution in [2.75, 3.05) is 128 Å². The molecule has 3 aromatic carbocycles. The number of amides is 2. The number of aromatic amines is 2. The first-order valence-electron chi connectivity index (χ1n) is 30.0. The van der Waals surface area contributed by atoms with Crippen molar-refractivity contribution < 1.29 is 37.3 Å². The minimum Gasteiger partial charge on any atom is -0.490 e. The third-order valence-corrected chi connectivity index (χ3v) is 18.5. The minimum atomic E-state index is -0.447. The Labute approximate surface area is 504 Å². The minimum absolute atomic E-state index is 0.0154. The number of anilines is 2. The van der Waals surface area contributed by atoms with Gasteiger partial charge in [-0.2, -0.15) is 0 Å². The Balaban J connectivity index is 0.660. The normalized spacial score (nSPS) is 24.5. The number of morpholine rings is 2. The van der Waals surface area contributed by atoms with Crippen molar-refractivity contribution in [3.05, 3.63) is 149 Å². The number of H-pyrrole nitrogens is 2. The summed E-state index contributed by atoms with van der Waals surface area (Å²) in [5, 5.41) is 7.29. The molecule has 5 aromatic rings. The van der Waals surface area contributed by atoms with Crippen LogP contribution < -0.4 is 41.0 Å². The molecule has 2 amide bonds. The quantitative estimate of drug-likeness (QED) is 0.0875. The molecule has 6 aliphatic heterocycles. The van der Waals surface area contributed by atoms with Crippen molar-refractivity contribution in [3.63, 3.8) is 0 Å². The van der Waals surface area contributed by atoms with Crippen LogP contribution in [0.1, 0.15) is 75.2 Å². The standard InChI is InChI=1S/C64H81BrF2N10O8/c1-40-28-74(34-56(78)76-38-63(3,4)59-52(76)24-44(61(80)70-59)22-42-10-14-46(66)15-11-42)48(26-68-40)30-72-18-20-82-50(32-72)36-84-54-8-7-9-55(58(54)65)85-37-51-33-73(19-21-83-51)31-49-27-69-41(2)29-75(49)35-57(79)77-39-64(5,6)60-53(77)25-45(62(81)71-60)23-43-12-16-47(67)17-13-43/h7-17,24-25,40-41,48-51,68-69H,18-23,26-39H2,1-6H3,(H,70,80)(H,71,81)/t40-,41-,48-,49-,50+,51+/m1/s1. The molecule has 0 saturated carbocycles. The van der Waals surface area contributed by atoms with Crippen LogP contribution in [0.4, 0.5) is 20.2 Å². The summed E-state index contributed by atoms with van der Waals surface area (Å²) in [6, 6.07) is 22.3. The second-order valence-electron chi connectivity index (χ2n) is 25.6. The lowest BCUT2D eigenvalue weighted by Crippen LogP contribution is -2.61. The van der Waals surface area contributed by atoms with Gasteiger partial charge in [0.05, 0.1) is 37.7 Å². The number of fused-ring (bicyclic) bond motifs is 2. The first-order valence-corrected chi connectivity index (χ1v) is 30.8. The van der Waals surface area contributed by atoms with E-state index in [9.17, 15) is 28.0 Å². The Morgan fingerprint density at radius 3 is 1.45 bits per heavy atom. The third kappa shape index (κ3) is 14.3. The molecule has 456 valence electrons. The lowest BCUT2D eigenvalue weighted by molar-refractivity contribution is -0.121. The maximum atomic E-state index is 14.4. The number of nitrogens with one attached hydrogen (secondary N) is 4. The number of hydrogen-bond acceptors (Lipinski definition) is 14. The molecular weight excluding hydrogens is 1150 g/mol. The summed E-state index contributed by atoms with van der Waals surface area (Å²) in [6.45, 7) is 22.8. The molecule has 21 heteroatoms. The van der Waals surface area contributed by atoms with E-state index >= 15 is 0 Å². The first kappa shape index (κ1) is 60.8. The highest BCUT2D eigenvalue weighted by Crippen LogP contribution is 2.41. The molecule has 0 spiro atoms. The molecule has 2 aromatic heterocycles. The molecule has 4 fully saturated rings. The van der Waals surface area contributed by atoms with Crippen molar-refractivity contribution in [1.29, 1.82) is 0 Å². The fraction of sp³-hybridized carbons (Fsp3) is 0.531. The van der Waals surface area contributed by atoms with Crippen LogP contribution in [0.15, 0.2) is 92.9 Å². The van der Waals surface area contributed by atoms with E-state index < -0.39 is 10.8 Å². The summed E-state index contributed by atoms with van der Waals surface area (Å²) >= 11 is 3.78. The van der Waals surface area contributed by atoms with Gasteiger partial charge in [-0.15, -0.1) is 0 Å². The Kier molecular flexibility index (Phi) is 18.5. The van der Waals surface area contributed by atoms with E-state index in [0.717, 1.165) is 73.2 Å². The van der Waals surface area contributed by atoms with Crippen LogP contribution in [0.25, 0.3) is 0 Å². The maximum Gasteiger partial charge on any atom is 0.251 e. The zero-order valence-corrected chi connectivity index (χ0v) is 51.3. The first-order chi connectivity index (χ1) is 40.7. The average molecular weight is 1240 g/mol. The van der Waals surface area contributed by atoms with E-state index in [4.69, 9.17) is 18.9 Å². The topological polar surface area (TPSA) is 180 Å². The number of carbonyl (C=O) groups is 2. The van der Waals surface area contributed by atoms with E-state index in [1.807, 2.05) is 67.8 Å². The predicted octanol–water partition coefficient (Wildman–Crippen LogP) is 5.42. The second-order valence-corrected chi connectivity index (χ2v) is 26.4. The molecule has 0 radical (unpaired) electrons. The number of benzene rings is 3. The number of pyridine rings is 2. The van der Waals surface area contributed by atoms with Crippen molar-refractivity contribution in [1.82, 2.24) is 40.2 Å². The summed E-state index contributed by atoms with van der Waals surface area (Å²) in [5.74, 6) is 0.591. The van der Waals surface area contributed by atoms with Gasteiger partial charge in [0.15, 0.2) is 0 Å². The van der Waals surface area contributed by atoms with E-state index in [2.05, 4.69) is 70.0 Å². The lowest BCUT2D eigenvalue weighted by Gasteiger charge is -2.43. The Hall–Kier alpha value is -5.88. The fourth-order valence-corrected chi connectivity index (χ4v) is 13.6. The smallest absolute Gasteiger partial charge is 0.251 e. The van der Waals surface area contributed by atoms with Crippen LogP contribution in [0.2, 0.25) is 0 Å². The van der Waals surface area contributed by atoms with E-state index in [-0.39, 0.29) is 84.0 Å². The molecule has 4 N–H and O–H groups in total. The molecule has 4 saturated heterocycles. The highest BCUT2D eigenvalue weighted by molar-refractivity contribution is 9.10. The molecule has 0 bridgehead atoms. The number of aromatic nitrogens is 2. The number of hydrogen-bond donors (Lipinski definition) is 4. The van der Waals surface area contributed by atoms with Crippen LogP contribution in [0.5, 0.6) is 11.5 Å². The van der Waals surface area contributed by atoms with Crippen LogP contribution >= 0.6 is 15.9 Å². The maximum absolute atomic E-state index is 14.4. The van der Waals surface area contributed by atoms with Crippen molar-refractivity contribution in [3.8, 4) is 11.5 Å². The number of nitrogens with zero attached hydrogens (tertiary/aromatic N) is 6. The van der Waals surface area contributed by atoms with Gasteiger partial charge < -0.3 is 49.3 Å². The van der Waals surface area contributed by atoms with Gasteiger partial charge in [0, 0.05) is 149 Å². The largest absolute Gasteiger partial charge is 0.490 e. The Morgan fingerprint density at radius 2 is 1.04 bits per heavy atom. The van der Waals surface area contributed by atoms with Gasteiger partial charge in [-0.3, -0.25) is 38.8 Å². The van der Waals surface area contributed by atoms with Crippen molar-refractivity contribution in [2.45, 2.75) is 102 Å². The van der Waals surface area contributed by atoms with Gasteiger partial charge in [0.25, 0.3) is 11.1 Å². The summed E-state index contributed by atoms with van der Waals surface area (Å²) in [4.78, 5) is 74.7. The molecule has 18 nitrogen and oxygen atoms in total. The summed E-state index contributed by atoms with van der Waals surface area (Å²) in [5.41, 5.74) is 4.36. The van der Waals surface area contributed by atoms with Crippen molar-refractivity contribution >= 4 is 39.1 Å². The van der Waals surface area contributed by atoms with Gasteiger partial charge >= 0.3 is 0 Å². The predicted molar refractivity (Wildman–Crippen MR) is 326 cm³/mol. The number of ether oxygens (including phenoxy) is 4. The van der Waals surface area contributed by atoms with Gasteiger partial charge in [-0.05, 0) is 89.4 Å². The van der Waals surface area contributed by atoms with Crippen LogP contribution in [0, 0.1) is 11.6 Å². The molecular formula is C64H81BrF2N10O8. The zero-order valence-electron chi connectivity index (χ0n) is 49.7. The molecule has 11 rings (SSSR count). The van der Waals surface area contributed by atoms with Gasteiger partial charge in [-0.25, -0.2) is 8.78 Å². The third-order valence-electron chi connectivity index (χ3n) is 17.7. The van der Waals surface area contributed by atoms with Crippen LogP contribution in [0.3, 0.4) is 0 Å². The Bertz CT molecular complexity index is 3120. The Morgan fingerprint density at radius 1 is 0.624 bits per heavy atom. The molecule has 8 heterocycles. The average Bonchev–Trinajstić information content (AvgIpc) is 1.82. The zero-order chi connectivity index (χ0) is 59.7. The van der Waals surface area contributed by atoms with E-state index in [1.165, 1.54) is 24.3 Å². The lowest BCUT2D eigenvalue weighted by atomic mass is 9.91. The summed E-state index contributed by atoms with van der Waals surface area (Å²) in [7, 11) is 0. The van der Waals surface area contributed by atoms with Gasteiger partial charge in [-0.1, -0.05) is 58.0 Å². The van der Waals surface area contributed by atoms with E-state index in [1.54, 1.807) is 24.3 Å². The highest BCUT2D eigenvalue weighted by Gasteiger charge is 2.43.